The van der Waals surface area contributed by atoms with Crippen LogP contribution in [0.1, 0.15) is 30.1 Å². The van der Waals surface area contributed by atoms with Gasteiger partial charge in [0, 0.05) is 23.7 Å². The average Bonchev–Trinajstić information content (AvgIpc) is 3.17. The van der Waals surface area contributed by atoms with Gasteiger partial charge < -0.3 is 4.90 Å². The highest BCUT2D eigenvalue weighted by atomic mass is 35.5. The van der Waals surface area contributed by atoms with Crippen molar-refractivity contribution in [3.63, 3.8) is 0 Å². The molecule has 1 aliphatic carbocycles. The first kappa shape index (κ1) is 15.3. The SMILES string of the molecule is CCN(CC1CC1)C(=O)c1cc(Cl)cc(S(N)(=O)=O)c1. The summed E-state index contributed by atoms with van der Waals surface area (Å²) in [5, 5.41) is 5.27. The Labute approximate surface area is 123 Å². The highest BCUT2D eigenvalue weighted by Gasteiger charge is 2.27. The molecule has 0 atom stereocenters. The molecular formula is C13H17ClN2O3S. The van der Waals surface area contributed by atoms with Crippen molar-refractivity contribution in [2.24, 2.45) is 11.1 Å². The Balaban J connectivity index is 2.30. The lowest BCUT2D eigenvalue weighted by atomic mass is 10.2. The molecule has 1 aromatic rings. The van der Waals surface area contributed by atoms with Crippen molar-refractivity contribution in [2.75, 3.05) is 13.1 Å². The van der Waals surface area contributed by atoms with E-state index >= 15 is 0 Å². The van der Waals surface area contributed by atoms with Crippen molar-refractivity contribution in [1.82, 2.24) is 4.90 Å². The molecule has 1 fully saturated rings. The Morgan fingerprint density at radius 3 is 2.55 bits per heavy atom. The van der Waals surface area contributed by atoms with Crippen LogP contribution in [0, 0.1) is 5.92 Å². The van der Waals surface area contributed by atoms with Gasteiger partial charge in [-0.3, -0.25) is 4.79 Å². The number of primary sulfonamides is 1. The Kier molecular flexibility index (Phi) is 4.36. The summed E-state index contributed by atoms with van der Waals surface area (Å²) >= 11 is 5.88. The van der Waals surface area contributed by atoms with Gasteiger partial charge in [-0.05, 0) is 43.9 Å². The summed E-state index contributed by atoms with van der Waals surface area (Å²) in [4.78, 5) is 14.0. The molecule has 0 radical (unpaired) electrons. The van der Waals surface area contributed by atoms with E-state index in [2.05, 4.69) is 0 Å². The van der Waals surface area contributed by atoms with Gasteiger partial charge in [-0.15, -0.1) is 0 Å². The smallest absolute Gasteiger partial charge is 0.253 e. The lowest BCUT2D eigenvalue weighted by molar-refractivity contribution is 0.0756. The zero-order chi connectivity index (χ0) is 14.9. The monoisotopic (exact) mass is 316 g/mol. The van der Waals surface area contributed by atoms with Gasteiger partial charge in [-0.25, -0.2) is 13.6 Å². The van der Waals surface area contributed by atoms with Crippen molar-refractivity contribution in [3.05, 3.63) is 28.8 Å². The molecule has 1 amide bonds. The number of carbonyl (C=O) groups excluding carboxylic acids is 1. The number of sulfonamides is 1. The van der Waals surface area contributed by atoms with Crippen LogP contribution in [-0.4, -0.2) is 32.3 Å². The lowest BCUT2D eigenvalue weighted by Gasteiger charge is -2.21. The van der Waals surface area contributed by atoms with Gasteiger partial charge in [-0.1, -0.05) is 11.6 Å². The van der Waals surface area contributed by atoms with Crippen LogP contribution < -0.4 is 5.14 Å². The minimum atomic E-state index is -3.88. The highest BCUT2D eigenvalue weighted by Crippen LogP contribution is 2.30. The van der Waals surface area contributed by atoms with E-state index in [1.165, 1.54) is 18.2 Å². The predicted octanol–water partition coefficient (Wildman–Crippen LogP) is 1.86. The standard InChI is InChI=1S/C13H17ClN2O3S/c1-2-16(8-9-3-4-9)13(17)10-5-11(14)7-12(6-10)20(15,18)19/h5-7,9H,2-4,8H2,1H3,(H2,15,18,19). The second-order valence-electron chi connectivity index (χ2n) is 5.01. The molecule has 110 valence electrons. The molecular weight excluding hydrogens is 300 g/mol. The Morgan fingerprint density at radius 2 is 2.05 bits per heavy atom. The molecule has 1 saturated carbocycles. The van der Waals surface area contributed by atoms with Crippen molar-refractivity contribution in [3.8, 4) is 0 Å². The normalized spacial score (nSPS) is 15.2. The third-order valence-electron chi connectivity index (χ3n) is 3.29. The molecule has 5 nitrogen and oxygen atoms in total. The number of benzene rings is 1. The van der Waals surface area contributed by atoms with Gasteiger partial charge in [0.15, 0.2) is 0 Å². The summed E-state index contributed by atoms with van der Waals surface area (Å²) in [6.07, 6.45) is 2.28. The molecule has 0 saturated heterocycles. The molecule has 0 aliphatic heterocycles. The van der Waals surface area contributed by atoms with E-state index in [1.54, 1.807) is 4.90 Å². The quantitative estimate of drug-likeness (QED) is 0.900. The third kappa shape index (κ3) is 3.71. The van der Waals surface area contributed by atoms with E-state index in [0.717, 1.165) is 12.8 Å². The Bertz CT molecular complexity index is 627. The van der Waals surface area contributed by atoms with Crippen LogP contribution in [0.15, 0.2) is 23.1 Å². The number of nitrogens with two attached hydrogens (primary N) is 1. The number of rotatable bonds is 5. The van der Waals surface area contributed by atoms with Crippen molar-refractivity contribution in [2.45, 2.75) is 24.7 Å². The first-order valence-electron chi connectivity index (χ1n) is 6.44. The topological polar surface area (TPSA) is 80.5 Å². The molecule has 2 rings (SSSR count). The Morgan fingerprint density at radius 1 is 1.40 bits per heavy atom. The molecule has 2 N–H and O–H groups in total. The fraction of sp³-hybridized carbons (Fsp3) is 0.462. The van der Waals surface area contributed by atoms with Crippen LogP contribution in [-0.2, 0) is 10.0 Å². The van der Waals surface area contributed by atoms with Crippen molar-refractivity contribution < 1.29 is 13.2 Å². The average molecular weight is 317 g/mol. The maximum Gasteiger partial charge on any atom is 0.253 e. The van der Waals surface area contributed by atoms with Crippen LogP contribution in [0.4, 0.5) is 0 Å². The molecule has 0 heterocycles. The summed E-state index contributed by atoms with van der Waals surface area (Å²) in [6.45, 7) is 3.17. The van der Waals surface area contributed by atoms with Gasteiger partial charge in [0.25, 0.3) is 5.91 Å². The zero-order valence-electron chi connectivity index (χ0n) is 11.2. The number of nitrogens with zero attached hydrogens (tertiary/aromatic N) is 1. The van der Waals surface area contributed by atoms with Crippen molar-refractivity contribution in [1.29, 1.82) is 0 Å². The second-order valence-corrected chi connectivity index (χ2v) is 7.01. The summed E-state index contributed by atoms with van der Waals surface area (Å²) < 4.78 is 22.8. The van der Waals surface area contributed by atoms with Crippen LogP contribution >= 0.6 is 11.6 Å². The van der Waals surface area contributed by atoms with Crippen LogP contribution in [0.3, 0.4) is 0 Å². The van der Waals surface area contributed by atoms with E-state index in [4.69, 9.17) is 16.7 Å². The van der Waals surface area contributed by atoms with Crippen LogP contribution in [0.2, 0.25) is 5.02 Å². The minimum absolute atomic E-state index is 0.143. The van der Waals surface area contributed by atoms with Crippen LogP contribution in [0.5, 0.6) is 0 Å². The van der Waals surface area contributed by atoms with E-state index in [0.29, 0.717) is 19.0 Å². The zero-order valence-corrected chi connectivity index (χ0v) is 12.7. The maximum absolute atomic E-state index is 12.4. The third-order valence-corrected chi connectivity index (χ3v) is 4.40. The summed E-state index contributed by atoms with van der Waals surface area (Å²) in [6, 6.07) is 3.98. The van der Waals surface area contributed by atoms with Gasteiger partial charge in [0.2, 0.25) is 10.0 Å². The summed E-state index contributed by atoms with van der Waals surface area (Å²) in [5.41, 5.74) is 0.254. The maximum atomic E-state index is 12.4. The van der Waals surface area contributed by atoms with Gasteiger partial charge in [0.1, 0.15) is 0 Å². The summed E-state index contributed by atoms with van der Waals surface area (Å²) in [5.74, 6) is 0.350. The molecule has 1 aliphatic rings. The number of amides is 1. The molecule has 0 spiro atoms. The first-order valence-corrected chi connectivity index (χ1v) is 8.36. The predicted molar refractivity (Wildman–Crippen MR) is 77.1 cm³/mol. The number of carbonyl (C=O) groups is 1. The van der Waals surface area contributed by atoms with Gasteiger partial charge in [0.05, 0.1) is 4.90 Å². The lowest BCUT2D eigenvalue weighted by Crippen LogP contribution is -2.32. The molecule has 0 bridgehead atoms. The van der Waals surface area contributed by atoms with E-state index in [9.17, 15) is 13.2 Å². The molecule has 1 aromatic carbocycles. The number of halogens is 1. The van der Waals surface area contributed by atoms with E-state index in [-0.39, 0.29) is 21.4 Å². The summed E-state index contributed by atoms with van der Waals surface area (Å²) in [7, 11) is -3.88. The molecule has 0 aromatic heterocycles. The molecule has 20 heavy (non-hydrogen) atoms. The first-order chi connectivity index (χ1) is 9.31. The second kappa shape index (κ2) is 5.71. The minimum Gasteiger partial charge on any atom is -0.339 e. The van der Waals surface area contributed by atoms with Gasteiger partial charge >= 0.3 is 0 Å². The van der Waals surface area contributed by atoms with E-state index in [1.807, 2.05) is 6.92 Å². The largest absolute Gasteiger partial charge is 0.339 e. The van der Waals surface area contributed by atoms with Crippen molar-refractivity contribution >= 4 is 27.5 Å². The molecule has 7 heteroatoms. The fourth-order valence-corrected chi connectivity index (χ4v) is 2.88. The number of hydrogen-bond acceptors (Lipinski definition) is 3. The van der Waals surface area contributed by atoms with E-state index < -0.39 is 10.0 Å². The Hall–Kier alpha value is -1.11. The van der Waals surface area contributed by atoms with Crippen LogP contribution in [0.25, 0.3) is 0 Å². The highest BCUT2D eigenvalue weighted by molar-refractivity contribution is 7.89. The van der Waals surface area contributed by atoms with Gasteiger partial charge in [-0.2, -0.15) is 0 Å². The molecule has 0 unspecified atom stereocenters. The fourth-order valence-electron chi connectivity index (χ4n) is 2.00. The number of hydrogen-bond donors (Lipinski definition) is 1.